The third-order valence-corrected chi connectivity index (χ3v) is 5.90. The number of primary amides is 1. The summed E-state index contributed by atoms with van der Waals surface area (Å²) in [5.74, 6) is -0.617. The fourth-order valence-corrected chi connectivity index (χ4v) is 4.37. The van der Waals surface area contributed by atoms with Gasteiger partial charge in [0.1, 0.15) is 11.7 Å². The van der Waals surface area contributed by atoms with Gasteiger partial charge >= 0.3 is 0 Å². The van der Waals surface area contributed by atoms with Crippen LogP contribution in [0.4, 0.5) is 0 Å². The molecule has 2 amide bonds. The fraction of sp³-hybridized carbons (Fsp3) is 0.286. The maximum atomic E-state index is 13.4. The normalized spacial score (nSPS) is 16.9. The highest BCUT2D eigenvalue weighted by Crippen LogP contribution is 2.29. The van der Waals surface area contributed by atoms with Crippen molar-refractivity contribution in [3.63, 3.8) is 0 Å². The number of aromatic nitrogens is 2. The van der Waals surface area contributed by atoms with Gasteiger partial charge in [-0.15, -0.1) is 11.3 Å². The molecule has 2 N–H and O–H groups in total. The molecule has 1 saturated heterocycles. The summed E-state index contributed by atoms with van der Waals surface area (Å²) >= 11 is 1.54. The number of amides is 2. The highest BCUT2D eigenvalue weighted by molar-refractivity contribution is 7.13. The lowest BCUT2D eigenvalue weighted by atomic mass is 10.0. The summed E-state index contributed by atoms with van der Waals surface area (Å²) < 4.78 is 1.79. The number of benzene rings is 1. The van der Waals surface area contributed by atoms with E-state index >= 15 is 0 Å². The molecule has 6 nitrogen and oxygen atoms in total. The Labute approximate surface area is 167 Å². The van der Waals surface area contributed by atoms with Crippen molar-refractivity contribution < 1.29 is 9.59 Å². The Balaban J connectivity index is 1.70. The number of nitrogens with two attached hydrogens (primary N) is 1. The zero-order chi connectivity index (χ0) is 19.5. The van der Waals surface area contributed by atoms with Gasteiger partial charge in [-0.05, 0) is 36.3 Å². The molecular weight excluding hydrogens is 372 g/mol. The molecule has 1 unspecified atom stereocenters. The molecule has 28 heavy (non-hydrogen) atoms. The monoisotopic (exact) mass is 394 g/mol. The van der Waals surface area contributed by atoms with E-state index in [-0.39, 0.29) is 5.91 Å². The molecule has 1 atom stereocenters. The summed E-state index contributed by atoms with van der Waals surface area (Å²) in [7, 11) is 0. The van der Waals surface area contributed by atoms with Crippen molar-refractivity contribution in [2.24, 2.45) is 5.73 Å². The Morgan fingerprint density at radius 1 is 1.14 bits per heavy atom. The highest BCUT2D eigenvalue weighted by Gasteiger charge is 2.33. The van der Waals surface area contributed by atoms with Crippen LogP contribution in [0, 0.1) is 0 Å². The van der Waals surface area contributed by atoms with Gasteiger partial charge in [0, 0.05) is 12.7 Å². The van der Waals surface area contributed by atoms with Gasteiger partial charge in [-0.25, -0.2) is 0 Å². The van der Waals surface area contributed by atoms with E-state index in [1.54, 1.807) is 27.1 Å². The predicted octanol–water partition coefficient (Wildman–Crippen LogP) is 3.14. The quantitative estimate of drug-likeness (QED) is 0.722. The van der Waals surface area contributed by atoms with Gasteiger partial charge in [0.15, 0.2) is 0 Å². The van der Waals surface area contributed by atoms with Crippen LogP contribution in [0.25, 0.3) is 10.6 Å². The van der Waals surface area contributed by atoms with Crippen LogP contribution in [0.1, 0.15) is 35.2 Å². The lowest BCUT2D eigenvalue weighted by molar-refractivity contribution is -0.123. The fourth-order valence-electron chi connectivity index (χ4n) is 3.65. The van der Waals surface area contributed by atoms with E-state index in [1.807, 2.05) is 47.8 Å². The highest BCUT2D eigenvalue weighted by atomic mass is 32.1. The van der Waals surface area contributed by atoms with Gasteiger partial charge in [0.05, 0.1) is 17.0 Å². The summed E-state index contributed by atoms with van der Waals surface area (Å²) in [6, 6.07) is 13.3. The van der Waals surface area contributed by atoms with Crippen LogP contribution in [-0.4, -0.2) is 39.1 Å². The zero-order valence-corrected chi connectivity index (χ0v) is 16.3. The molecule has 7 heteroatoms. The molecular formula is C21H22N4O2S. The van der Waals surface area contributed by atoms with E-state index in [0.29, 0.717) is 30.8 Å². The Morgan fingerprint density at radius 2 is 1.96 bits per heavy atom. The second-order valence-corrected chi connectivity index (χ2v) is 7.91. The van der Waals surface area contributed by atoms with Crippen molar-refractivity contribution in [3.8, 4) is 10.6 Å². The largest absolute Gasteiger partial charge is 0.368 e. The number of hydrogen-bond donors (Lipinski definition) is 1. The molecule has 1 aliphatic rings. The van der Waals surface area contributed by atoms with Gasteiger partial charge in [-0.1, -0.05) is 36.4 Å². The average molecular weight is 395 g/mol. The lowest BCUT2D eigenvalue weighted by Gasteiger charge is -2.33. The summed E-state index contributed by atoms with van der Waals surface area (Å²) in [5.41, 5.74) is 7.85. The van der Waals surface area contributed by atoms with Crippen LogP contribution in [0.3, 0.4) is 0 Å². The second-order valence-electron chi connectivity index (χ2n) is 6.96. The Kier molecular flexibility index (Phi) is 5.25. The molecule has 3 heterocycles. The number of likely N-dealkylation sites (tertiary alicyclic amines) is 1. The summed E-state index contributed by atoms with van der Waals surface area (Å²) in [4.78, 5) is 27.8. The molecule has 0 aliphatic carbocycles. The molecule has 3 aromatic rings. The smallest absolute Gasteiger partial charge is 0.258 e. The molecule has 0 spiro atoms. The number of piperidine rings is 1. The molecule has 0 radical (unpaired) electrons. The SMILES string of the molecule is NC(=O)C1CCCCN1C(=O)c1cn(Cc2ccccc2)nc1-c1cccs1. The van der Waals surface area contributed by atoms with E-state index in [4.69, 9.17) is 10.8 Å². The number of carbonyl (C=O) groups excluding carboxylic acids is 2. The van der Waals surface area contributed by atoms with Crippen molar-refractivity contribution in [2.45, 2.75) is 31.8 Å². The van der Waals surface area contributed by atoms with Crippen molar-refractivity contribution in [2.75, 3.05) is 6.54 Å². The minimum absolute atomic E-state index is 0.175. The van der Waals surface area contributed by atoms with Crippen molar-refractivity contribution in [1.82, 2.24) is 14.7 Å². The van der Waals surface area contributed by atoms with Gasteiger partial charge in [0.2, 0.25) is 5.91 Å². The van der Waals surface area contributed by atoms with E-state index < -0.39 is 11.9 Å². The number of thiophene rings is 1. The van der Waals surface area contributed by atoms with E-state index in [1.165, 1.54) is 0 Å². The zero-order valence-electron chi connectivity index (χ0n) is 15.5. The second kappa shape index (κ2) is 7.98. The first-order valence-electron chi connectivity index (χ1n) is 9.39. The molecule has 4 rings (SSSR count). The van der Waals surface area contributed by atoms with E-state index in [0.717, 1.165) is 23.3 Å². The minimum Gasteiger partial charge on any atom is -0.368 e. The molecule has 2 aromatic heterocycles. The Bertz CT molecular complexity index is 966. The predicted molar refractivity (Wildman–Crippen MR) is 109 cm³/mol. The van der Waals surface area contributed by atoms with Crippen molar-refractivity contribution in [1.29, 1.82) is 0 Å². The van der Waals surface area contributed by atoms with Crippen molar-refractivity contribution in [3.05, 3.63) is 65.2 Å². The van der Waals surface area contributed by atoms with E-state index in [9.17, 15) is 9.59 Å². The molecule has 1 aromatic carbocycles. The lowest BCUT2D eigenvalue weighted by Crippen LogP contribution is -2.50. The number of hydrogen-bond acceptors (Lipinski definition) is 4. The third kappa shape index (κ3) is 3.71. The molecule has 144 valence electrons. The number of carbonyl (C=O) groups is 2. The van der Waals surface area contributed by atoms with Crippen LogP contribution in [0.2, 0.25) is 0 Å². The van der Waals surface area contributed by atoms with Crippen molar-refractivity contribution >= 4 is 23.2 Å². The molecule has 1 fully saturated rings. The van der Waals surface area contributed by atoms with Crippen LogP contribution in [0.15, 0.2) is 54.0 Å². The summed E-state index contributed by atoms with van der Waals surface area (Å²) in [6.07, 6.45) is 4.19. The first-order valence-corrected chi connectivity index (χ1v) is 10.3. The van der Waals surface area contributed by atoms with Crippen LogP contribution >= 0.6 is 11.3 Å². The first-order chi connectivity index (χ1) is 13.6. The van der Waals surface area contributed by atoms with Crippen LogP contribution < -0.4 is 5.73 Å². The maximum absolute atomic E-state index is 13.4. The molecule has 0 saturated carbocycles. The van der Waals surface area contributed by atoms with Gasteiger partial charge < -0.3 is 10.6 Å². The first kappa shape index (κ1) is 18.4. The summed E-state index contributed by atoms with van der Waals surface area (Å²) in [6.45, 7) is 1.12. The van der Waals surface area contributed by atoms with Gasteiger partial charge in [-0.3, -0.25) is 14.3 Å². The summed E-state index contributed by atoms with van der Waals surface area (Å²) in [5, 5.41) is 6.66. The van der Waals surface area contributed by atoms with Gasteiger partial charge in [0.25, 0.3) is 5.91 Å². The standard InChI is InChI=1S/C21H22N4O2S/c22-20(26)17-9-4-5-11-25(17)21(27)16-14-24(13-15-7-2-1-3-8-15)23-19(16)18-10-6-12-28-18/h1-3,6-8,10,12,14,17H,4-5,9,11,13H2,(H2,22,26). The van der Waals surface area contributed by atoms with Crippen LogP contribution in [-0.2, 0) is 11.3 Å². The molecule has 1 aliphatic heterocycles. The average Bonchev–Trinajstić information content (AvgIpc) is 3.38. The van der Waals surface area contributed by atoms with Gasteiger partial charge in [-0.2, -0.15) is 5.10 Å². The van der Waals surface area contributed by atoms with Crippen LogP contribution in [0.5, 0.6) is 0 Å². The minimum atomic E-state index is -0.546. The number of rotatable bonds is 5. The third-order valence-electron chi connectivity index (χ3n) is 5.03. The Hall–Kier alpha value is -2.93. The topological polar surface area (TPSA) is 81.2 Å². The Morgan fingerprint density at radius 3 is 2.68 bits per heavy atom. The number of nitrogens with zero attached hydrogens (tertiary/aromatic N) is 3. The van der Waals surface area contributed by atoms with E-state index in [2.05, 4.69) is 0 Å². The molecule has 0 bridgehead atoms. The maximum Gasteiger partial charge on any atom is 0.258 e.